The number of benzene rings is 1. The quantitative estimate of drug-likeness (QED) is 0.491. The average molecular weight is 322 g/mol. The van der Waals surface area contributed by atoms with Crippen LogP contribution in [-0.4, -0.2) is 28.4 Å². The number of non-ortho nitro benzene ring substituents is 1. The van der Waals surface area contributed by atoms with Crippen molar-refractivity contribution >= 4 is 17.6 Å². The van der Waals surface area contributed by atoms with E-state index in [0.717, 1.165) is 0 Å². The molecule has 0 fully saturated rings. The molecule has 0 saturated heterocycles. The van der Waals surface area contributed by atoms with E-state index in [4.69, 9.17) is 4.74 Å². The molecule has 1 amide bonds. The van der Waals surface area contributed by atoms with Gasteiger partial charge in [0.05, 0.1) is 4.92 Å². The van der Waals surface area contributed by atoms with Crippen LogP contribution in [0.25, 0.3) is 0 Å². The number of rotatable bonds is 6. The number of ketones is 1. The number of carbonyl (C=O) groups excluding carboxylic acids is 2. The van der Waals surface area contributed by atoms with Gasteiger partial charge >= 0.3 is 6.09 Å². The van der Waals surface area contributed by atoms with Gasteiger partial charge in [0.2, 0.25) is 0 Å². The molecule has 0 aliphatic carbocycles. The van der Waals surface area contributed by atoms with E-state index in [0.29, 0.717) is 12.0 Å². The number of carbonyl (C=O) groups is 2. The number of amides is 1. The summed E-state index contributed by atoms with van der Waals surface area (Å²) < 4.78 is 5.16. The minimum Gasteiger partial charge on any atom is -0.444 e. The minimum absolute atomic E-state index is 0.0690. The Morgan fingerprint density at radius 1 is 1.26 bits per heavy atom. The van der Waals surface area contributed by atoms with E-state index in [9.17, 15) is 19.7 Å². The smallest absolute Gasteiger partial charge is 0.407 e. The molecule has 0 heterocycles. The third-order valence-electron chi connectivity index (χ3n) is 3.05. The zero-order valence-corrected chi connectivity index (χ0v) is 13.8. The maximum absolute atomic E-state index is 12.2. The van der Waals surface area contributed by atoms with Gasteiger partial charge in [-0.1, -0.05) is 6.92 Å². The fraction of sp³-hybridized carbons (Fsp3) is 0.500. The number of nitrogens with one attached hydrogen (secondary N) is 1. The number of nitro benzene ring substituents is 1. The van der Waals surface area contributed by atoms with Crippen LogP contribution < -0.4 is 5.32 Å². The molecule has 0 saturated carbocycles. The van der Waals surface area contributed by atoms with Gasteiger partial charge in [-0.25, -0.2) is 4.79 Å². The number of hydrogen-bond acceptors (Lipinski definition) is 5. The SMILES string of the molecule is CCC(CC(=O)c1ccc([N+](=O)[O-])cc1)NC(=O)OC(C)(C)C. The van der Waals surface area contributed by atoms with Gasteiger partial charge in [0.15, 0.2) is 5.78 Å². The molecule has 0 aliphatic heterocycles. The van der Waals surface area contributed by atoms with Crippen molar-refractivity contribution in [1.29, 1.82) is 0 Å². The summed E-state index contributed by atoms with van der Waals surface area (Å²) in [5.74, 6) is -0.192. The molecule has 1 atom stereocenters. The van der Waals surface area contributed by atoms with E-state index >= 15 is 0 Å². The summed E-state index contributed by atoms with van der Waals surface area (Å²) in [4.78, 5) is 34.0. The number of Topliss-reactive ketones (excluding diaryl/α,β-unsaturated/α-hetero) is 1. The molecule has 0 radical (unpaired) electrons. The molecular formula is C16H22N2O5. The summed E-state index contributed by atoms with van der Waals surface area (Å²) >= 11 is 0. The predicted octanol–water partition coefficient (Wildman–Crippen LogP) is 3.47. The van der Waals surface area contributed by atoms with Crippen molar-refractivity contribution in [2.75, 3.05) is 0 Å². The first-order chi connectivity index (χ1) is 10.6. The van der Waals surface area contributed by atoms with Gasteiger partial charge in [-0.3, -0.25) is 14.9 Å². The summed E-state index contributed by atoms with van der Waals surface area (Å²) in [5.41, 5.74) is -0.300. The molecule has 1 rings (SSSR count). The lowest BCUT2D eigenvalue weighted by Crippen LogP contribution is -2.39. The van der Waals surface area contributed by atoms with Crippen LogP contribution in [0.3, 0.4) is 0 Å². The van der Waals surface area contributed by atoms with Crippen LogP contribution in [0.4, 0.5) is 10.5 Å². The second-order valence-corrected chi connectivity index (χ2v) is 6.18. The van der Waals surface area contributed by atoms with E-state index < -0.39 is 16.6 Å². The van der Waals surface area contributed by atoms with E-state index in [1.165, 1.54) is 24.3 Å². The Labute approximate surface area is 135 Å². The first-order valence-electron chi connectivity index (χ1n) is 7.39. The number of nitro groups is 1. The Kier molecular flexibility index (Phi) is 6.24. The van der Waals surface area contributed by atoms with Crippen molar-refractivity contribution in [3.05, 3.63) is 39.9 Å². The Hall–Kier alpha value is -2.44. The molecule has 0 spiro atoms. The lowest BCUT2D eigenvalue weighted by atomic mass is 10.0. The number of hydrogen-bond donors (Lipinski definition) is 1. The highest BCUT2D eigenvalue weighted by Crippen LogP contribution is 2.15. The molecule has 0 aromatic heterocycles. The highest BCUT2D eigenvalue weighted by atomic mass is 16.6. The van der Waals surface area contributed by atoms with Crippen LogP contribution in [-0.2, 0) is 4.74 Å². The largest absolute Gasteiger partial charge is 0.444 e. The molecule has 1 aromatic rings. The van der Waals surface area contributed by atoms with Gasteiger partial charge in [-0.05, 0) is 39.3 Å². The Morgan fingerprint density at radius 2 is 1.83 bits per heavy atom. The summed E-state index contributed by atoms with van der Waals surface area (Å²) in [6.45, 7) is 7.13. The maximum atomic E-state index is 12.2. The maximum Gasteiger partial charge on any atom is 0.407 e. The third-order valence-corrected chi connectivity index (χ3v) is 3.05. The predicted molar refractivity (Wildman–Crippen MR) is 85.5 cm³/mol. The Balaban J connectivity index is 2.66. The standard InChI is InChI=1S/C16H22N2O5/c1-5-12(17-15(20)23-16(2,3)4)10-14(19)11-6-8-13(9-7-11)18(21)22/h6-9,12H,5,10H2,1-4H3,(H,17,20). The lowest BCUT2D eigenvalue weighted by molar-refractivity contribution is -0.384. The summed E-state index contributed by atoms with van der Waals surface area (Å²) in [5, 5.41) is 13.3. The van der Waals surface area contributed by atoms with Gasteiger partial charge in [-0.15, -0.1) is 0 Å². The molecule has 1 N–H and O–H groups in total. The van der Waals surface area contributed by atoms with Gasteiger partial charge in [0.25, 0.3) is 5.69 Å². The zero-order chi connectivity index (χ0) is 17.6. The molecule has 7 heteroatoms. The van der Waals surface area contributed by atoms with Crippen molar-refractivity contribution in [1.82, 2.24) is 5.32 Å². The molecule has 1 aromatic carbocycles. The van der Waals surface area contributed by atoms with E-state index in [1.54, 1.807) is 20.8 Å². The average Bonchev–Trinajstić information content (AvgIpc) is 2.44. The topological polar surface area (TPSA) is 98.5 Å². The number of alkyl carbamates (subject to hydrolysis) is 1. The lowest BCUT2D eigenvalue weighted by Gasteiger charge is -2.22. The number of ether oxygens (including phenoxy) is 1. The molecule has 0 bridgehead atoms. The van der Waals surface area contributed by atoms with Crippen LogP contribution in [0.5, 0.6) is 0 Å². The molecular weight excluding hydrogens is 300 g/mol. The van der Waals surface area contributed by atoms with E-state index in [-0.39, 0.29) is 23.9 Å². The Morgan fingerprint density at radius 3 is 2.26 bits per heavy atom. The van der Waals surface area contributed by atoms with Crippen LogP contribution in [0.1, 0.15) is 50.9 Å². The fourth-order valence-electron chi connectivity index (χ4n) is 1.88. The molecule has 126 valence electrons. The van der Waals surface area contributed by atoms with Gasteiger partial charge in [0, 0.05) is 30.2 Å². The van der Waals surface area contributed by atoms with Crippen LogP contribution in [0.2, 0.25) is 0 Å². The van der Waals surface area contributed by atoms with Crippen molar-refractivity contribution in [3.63, 3.8) is 0 Å². The first kappa shape index (κ1) is 18.6. The zero-order valence-electron chi connectivity index (χ0n) is 13.8. The molecule has 1 unspecified atom stereocenters. The monoisotopic (exact) mass is 322 g/mol. The summed E-state index contributed by atoms with van der Waals surface area (Å²) in [7, 11) is 0. The molecule has 7 nitrogen and oxygen atoms in total. The van der Waals surface area contributed by atoms with Gasteiger partial charge in [0.1, 0.15) is 5.60 Å². The molecule has 0 aliphatic rings. The van der Waals surface area contributed by atoms with Crippen molar-refractivity contribution < 1.29 is 19.2 Å². The highest BCUT2D eigenvalue weighted by Gasteiger charge is 2.21. The summed E-state index contributed by atoms with van der Waals surface area (Å²) in [6.07, 6.45) is 0.103. The minimum atomic E-state index is -0.606. The van der Waals surface area contributed by atoms with Crippen molar-refractivity contribution in [2.24, 2.45) is 0 Å². The van der Waals surface area contributed by atoms with Crippen molar-refractivity contribution in [3.8, 4) is 0 Å². The second-order valence-electron chi connectivity index (χ2n) is 6.18. The van der Waals surface area contributed by atoms with E-state index in [1.807, 2.05) is 6.92 Å². The van der Waals surface area contributed by atoms with Gasteiger partial charge < -0.3 is 10.1 Å². The second kappa shape index (κ2) is 7.71. The van der Waals surface area contributed by atoms with Crippen LogP contribution in [0.15, 0.2) is 24.3 Å². The van der Waals surface area contributed by atoms with Gasteiger partial charge in [-0.2, -0.15) is 0 Å². The number of nitrogens with zero attached hydrogens (tertiary/aromatic N) is 1. The normalized spacial score (nSPS) is 12.3. The van der Waals surface area contributed by atoms with Crippen LogP contribution >= 0.6 is 0 Å². The molecule has 23 heavy (non-hydrogen) atoms. The summed E-state index contributed by atoms with van der Waals surface area (Å²) in [6, 6.07) is 5.05. The van der Waals surface area contributed by atoms with E-state index in [2.05, 4.69) is 5.32 Å². The van der Waals surface area contributed by atoms with Crippen molar-refractivity contribution in [2.45, 2.75) is 52.2 Å². The Bertz CT molecular complexity index is 575. The fourth-order valence-corrected chi connectivity index (χ4v) is 1.88. The third kappa shape index (κ3) is 6.46. The van der Waals surface area contributed by atoms with Crippen LogP contribution in [0, 0.1) is 10.1 Å². The first-order valence-corrected chi connectivity index (χ1v) is 7.39. The highest BCUT2D eigenvalue weighted by molar-refractivity contribution is 5.96.